The van der Waals surface area contributed by atoms with Crippen molar-refractivity contribution in [3.63, 3.8) is 0 Å². The van der Waals surface area contributed by atoms with Gasteiger partial charge in [-0.2, -0.15) is 8.78 Å². The van der Waals surface area contributed by atoms with Crippen molar-refractivity contribution < 1.29 is 27.5 Å². The minimum absolute atomic E-state index is 0.0670. The maximum absolute atomic E-state index is 12.8. The van der Waals surface area contributed by atoms with Gasteiger partial charge in [0.15, 0.2) is 0 Å². The first-order valence-corrected chi connectivity index (χ1v) is 12.5. The summed E-state index contributed by atoms with van der Waals surface area (Å²) < 4.78 is 47.1. The fourth-order valence-corrected chi connectivity index (χ4v) is 5.25. The SMILES string of the molecule is COc1cc2c3c(cnc2cc1-c1c(C)noc1C)N=C(C1CCOCC1)CC([C@@H](C)COC(F)F)=C3. The van der Waals surface area contributed by atoms with E-state index in [4.69, 9.17) is 24.0 Å². The molecule has 0 aliphatic carbocycles. The third-order valence-electron chi connectivity index (χ3n) is 7.29. The molecule has 0 amide bonds. The predicted molar refractivity (Wildman–Crippen MR) is 138 cm³/mol. The molecule has 2 aliphatic rings. The lowest BCUT2D eigenvalue weighted by Gasteiger charge is -2.25. The molecule has 37 heavy (non-hydrogen) atoms. The van der Waals surface area contributed by atoms with Crippen LogP contribution in [-0.2, 0) is 9.47 Å². The topological polar surface area (TPSA) is 79.0 Å². The summed E-state index contributed by atoms with van der Waals surface area (Å²) in [4.78, 5) is 9.85. The van der Waals surface area contributed by atoms with Gasteiger partial charge < -0.3 is 18.7 Å². The molecule has 0 bridgehead atoms. The minimum Gasteiger partial charge on any atom is -0.496 e. The van der Waals surface area contributed by atoms with Gasteiger partial charge in [-0.05, 0) is 38.8 Å². The molecule has 3 aromatic rings. The van der Waals surface area contributed by atoms with Gasteiger partial charge in [-0.25, -0.2) is 0 Å². The molecular formula is C28H31F2N3O4. The zero-order valence-electron chi connectivity index (χ0n) is 21.5. The van der Waals surface area contributed by atoms with Crippen LogP contribution >= 0.6 is 0 Å². The highest BCUT2D eigenvalue weighted by Gasteiger charge is 2.26. The van der Waals surface area contributed by atoms with Crippen LogP contribution in [-0.4, -0.2) is 49.4 Å². The van der Waals surface area contributed by atoms with E-state index >= 15 is 0 Å². The number of hydrogen-bond acceptors (Lipinski definition) is 7. The standard InChI is InChI=1S/C28H31F2N3O4/c1-15(14-36-28(29)30)19-9-20-21-12-26(34-4)22(27-16(2)33-37-17(27)3)11-24(21)31-13-25(20)32-23(10-19)18-5-7-35-8-6-18/h9,11-13,15,18,28H,5-8,10,14H2,1-4H3/t15-/m0/s1. The average Bonchev–Trinajstić information content (AvgIpc) is 3.11. The van der Waals surface area contributed by atoms with Crippen molar-refractivity contribution in [2.75, 3.05) is 26.9 Å². The third-order valence-corrected chi connectivity index (χ3v) is 7.29. The first-order chi connectivity index (χ1) is 17.9. The summed E-state index contributed by atoms with van der Waals surface area (Å²) in [6.07, 6.45) is 6.24. The van der Waals surface area contributed by atoms with Crippen LogP contribution in [0.1, 0.15) is 43.2 Å². The van der Waals surface area contributed by atoms with Crippen molar-refractivity contribution in [1.82, 2.24) is 10.1 Å². The van der Waals surface area contributed by atoms with E-state index in [9.17, 15) is 8.78 Å². The van der Waals surface area contributed by atoms with Gasteiger partial charge in [0.1, 0.15) is 11.5 Å². The largest absolute Gasteiger partial charge is 0.496 e. The highest BCUT2D eigenvalue weighted by atomic mass is 19.3. The van der Waals surface area contributed by atoms with Crippen LogP contribution in [0, 0.1) is 25.7 Å². The van der Waals surface area contributed by atoms with E-state index in [0.29, 0.717) is 31.1 Å². The number of halogens is 2. The smallest absolute Gasteiger partial charge is 0.345 e. The minimum atomic E-state index is -2.80. The van der Waals surface area contributed by atoms with Crippen LogP contribution in [0.3, 0.4) is 0 Å². The second-order valence-electron chi connectivity index (χ2n) is 9.71. The van der Waals surface area contributed by atoms with Crippen LogP contribution in [0.25, 0.3) is 28.1 Å². The number of hydrogen-bond donors (Lipinski definition) is 0. The predicted octanol–water partition coefficient (Wildman–Crippen LogP) is 6.68. The highest BCUT2D eigenvalue weighted by Crippen LogP contribution is 2.42. The van der Waals surface area contributed by atoms with Crippen molar-refractivity contribution in [2.45, 2.75) is 46.6 Å². The molecule has 0 spiro atoms. The number of fused-ring (bicyclic) bond motifs is 3. The van der Waals surface area contributed by atoms with Crippen LogP contribution < -0.4 is 4.74 Å². The summed E-state index contributed by atoms with van der Waals surface area (Å²) >= 11 is 0. The van der Waals surface area contributed by atoms with E-state index in [-0.39, 0.29) is 18.4 Å². The Kier molecular flexibility index (Phi) is 7.35. The number of aromatic nitrogens is 2. The van der Waals surface area contributed by atoms with Crippen LogP contribution in [0.2, 0.25) is 0 Å². The summed E-state index contributed by atoms with van der Waals surface area (Å²) in [7, 11) is 1.63. The highest BCUT2D eigenvalue weighted by molar-refractivity contribution is 6.01. The second-order valence-corrected chi connectivity index (χ2v) is 9.71. The monoisotopic (exact) mass is 511 g/mol. The molecular weight excluding hydrogens is 480 g/mol. The molecule has 7 nitrogen and oxygen atoms in total. The van der Waals surface area contributed by atoms with Gasteiger partial charge in [0.2, 0.25) is 0 Å². The van der Waals surface area contributed by atoms with Gasteiger partial charge in [0.25, 0.3) is 0 Å². The van der Waals surface area contributed by atoms with E-state index in [1.807, 2.05) is 32.9 Å². The summed E-state index contributed by atoms with van der Waals surface area (Å²) in [5.74, 6) is 1.43. The Balaban J connectivity index is 1.67. The van der Waals surface area contributed by atoms with Gasteiger partial charge in [-0.3, -0.25) is 9.98 Å². The molecule has 0 unspecified atom stereocenters. The fourth-order valence-electron chi connectivity index (χ4n) is 5.25. The van der Waals surface area contributed by atoms with Crippen molar-refractivity contribution >= 4 is 28.4 Å². The van der Waals surface area contributed by atoms with E-state index in [0.717, 1.165) is 63.1 Å². The molecule has 9 heteroatoms. The second kappa shape index (κ2) is 10.7. The van der Waals surface area contributed by atoms with E-state index < -0.39 is 6.61 Å². The molecule has 1 saturated heterocycles. The Morgan fingerprint density at radius 2 is 1.95 bits per heavy atom. The molecule has 1 fully saturated rings. The lowest BCUT2D eigenvalue weighted by Crippen LogP contribution is -2.24. The molecule has 0 N–H and O–H groups in total. The summed E-state index contributed by atoms with van der Waals surface area (Å²) in [5.41, 5.74) is 6.97. The molecule has 4 heterocycles. The third kappa shape index (κ3) is 5.15. The van der Waals surface area contributed by atoms with Gasteiger partial charge >= 0.3 is 6.61 Å². The maximum atomic E-state index is 12.8. The van der Waals surface area contributed by atoms with E-state index in [2.05, 4.69) is 16.0 Å². The Hall–Kier alpha value is -3.17. The van der Waals surface area contributed by atoms with Crippen LogP contribution in [0.15, 0.2) is 33.4 Å². The number of alkyl halides is 2. The molecule has 2 aliphatic heterocycles. The molecule has 0 radical (unpaired) electrons. The zero-order valence-corrected chi connectivity index (χ0v) is 21.5. The maximum Gasteiger partial charge on any atom is 0.345 e. The molecule has 2 aromatic heterocycles. The van der Waals surface area contributed by atoms with Crippen molar-refractivity contribution in [3.8, 4) is 16.9 Å². The normalized spacial score (nSPS) is 17.4. The molecule has 1 aromatic carbocycles. The Bertz CT molecular complexity index is 1340. The number of rotatable bonds is 7. The summed E-state index contributed by atoms with van der Waals surface area (Å²) in [6, 6.07) is 3.94. The average molecular weight is 512 g/mol. The zero-order chi connectivity index (χ0) is 26.1. The van der Waals surface area contributed by atoms with Crippen LogP contribution in [0.4, 0.5) is 14.5 Å². The van der Waals surface area contributed by atoms with Crippen molar-refractivity contribution in [3.05, 3.63) is 40.9 Å². The molecule has 0 saturated carbocycles. The van der Waals surface area contributed by atoms with E-state index in [1.54, 1.807) is 13.3 Å². The number of ether oxygens (including phenoxy) is 3. The molecule has 5 rings (SSSR count). The van der Waals surface area contributed by atoms with Gasteiger partial charge in [-0.15, -0.1) is 0 Å². The Labute approximate surface area is 214 Å². The number of methoxy groups -OCH3 is 1. The summed E-state index contributed by atoms with van der Waals surface area (Å²) in [5, 5.41) is 4.97. The first kappa shape index (κ1) is 25.5. The van der Waals surface area contributed by atoms with Crippen molar-refractivity contribution in [2.24, 2.45) is 16.8 Å². The number of benzene rings is 1. The summed E-state index contributed by atoms with van der Waals surface area (Å²) in [6.45, 7) is 4.19. The van der Waals surface area contributed by atoms with Crippen molar-refractivity contribution in [1.29, 1.82) is 0 Å². The Morgan fingerprint density at radius 1 is 1.16 bits per heavy atom. The van der Waals surface area contributed by atoms with Gasteiger partial charge in [0, 0.05) is 53.7 Å². The quantitative estimate of drug-likeness (QED) is 0.352. The molecule has 1 atom stereocenters. The van der Waals surface area contributed by atoms with Gasteiger partial charge in [-0.1, -0.05) is 23.7 Å². The number of aliphatic imine (C=N–C) groups is 1. The first-order valence-electron chi connectivity index (χ1n) is 12.5. The lowest BCUT2D eigenvalue weighted by molar-refractivity contribution is -0.134. The van der Waals surface area contributed by atoms with Gasteiger partial charge in [0.05, 0.1) is 42.4 Å². The lowest BCUT2D eigenvalue weighted by atomic mass is 9.87. The number of nitrogens with zero attached hydrogens (tertiary/aromatic N) is 3. The van der Waals surface area contributed by atoms with E-state index in [1.165, 1.54) is 0 Å². The Morgan fingerprint density at radius 3 is 2.62 bits per heavy atom. The molecule has 196 valence electrons. The fraction of sp³-hybridized carbons (Fsp3) is 0.464. The van der Waals surface area contributed by atoms with Crippen LogP contribution in [0.5, 0.6) is 5.75 Å². The number of aryl methyl sites for hydroxylation is 2. The number of pyridine rings is 1.